The van der Waals surface area contributed by atoms with Gasteiger partial charge in [-0.2, -0.15) is 0 Å². The average Bonchev–Trinajstić information content (AvgIpc) is 3.03. The smallest absolute Gasteiger partial charge is 0.209 e. The third-order valence-corrected chi connectivity index (χ3v) is 4.21. The topological polar surface area (TPSA) is 49.6 Å². The molecule has 0 spiro atoms. The largest absolute Gasteiger partial charge is 0.396 e. The minimum atomic E-state index is -0.975. The molecule has 1 aromatic carbocycles. The van der Waals surface area contributed by atoms with Crippen LogP contribution in [0, 0.1) is 23.0 Å². The van der Waals surface area contributed by atoms with Crippen molar-refractivity contribution >= 4 is 12.1 Å². The standard InChI is InChI=1S/C9H17NO.C6H5F2N.C4H11N/c1-9(2,3)8-4-5-10(6-8)7-11;7-4-2-1-3-5(9)6(4)8;1-4-5(2)3/h7-8H,4-6H2,1-3H3;1-3H,9H2;4H2,1-3H3. The van der Waals surface area contributed by atoms with Crippen LogP contribution in [0.5, 0.6) is 0 Å². The Balaban J connectivity index is 0.000000372. The molecule has 1 aliphatic rings. The van der Waals surface area contributed by atoms with E-state index in [0.29, 0.717) is 11.3 Å². The molecule has 0 radical (unpaired) electrons. The number of halogens is 2. The first-order valence-electron chi connectivity index (χ1n) is 8.56. The van der Waals surface area contributed by atoms with Crippen molar-refractivity contribution in [1.82, 2.24) is 9.80 Å². The van der Waals surface area contributed by atoms with E-state index in [9.17, 15) is 13.6 Å². The number of amides is 1. The molecule has 4 nitrogen and oxygen atoms in total. The van der Waals surface area contributed by atoms with Crippen LogP contribution < -0.4 is 5.73 Å². The predicted octanol–water partition coefficient (Wildman–Crippen LogP) is 3.63. The summed E-state index contributed by atoms with van der Waals surface area (Å²) in [4.78, 5) is 14.4. The summed E-state index contributed by atoms with van der Waals surface area (Å²) in [6.45, 7) is 11.9. The Kier molecular flexibility index (Phi) is 10.3. The van der Waals surface area contributed by atoms with Crippen LogP contribution in [0.4, 0.5) is 14.5 Å². The van der Waals surface area contributed by atoms with Crippen LogP contribution in [0.15, 0.2) is 18.2 Å². The summed E-state index contributed by atoms with van der Waals surface area (Å²) in [5.74, 6) is -1.19. The quantitative estimate of drug-likeness (QED) is 0.650. The van der Waals surface area contributed by atoms with Gasteiger partial charge in [0.15, 0.2) is 11.6 Å². The van der Waals surface area contributed by atoms with Crippen LogP contribution in [-0.4, -0.2) is 49.9 Å². The van der Waals surface area contributed by atoms with E-state index in [1.54, 1.807) is 0 Å². The average molecular weight is 357 g/mol. The molecule has 1 aliphatic heterocycles. The number of nitrogens with zero attached hydrogens (tertiary/aromatic N) is 2. The van der Waals surface area contributed by atoms with Crippen molar-refractivity contribution in [3.63, 3.8) is 0 Å². The summed E-state index contributed by atoms with van der Waals surface area (Å²) < 4.78 is 24.4. The molecule has 144 valence electrons. The van der Waals surface area contributed by atoms with Gasteiger partial charge in [-0.25, -0.2) is 8.78 Å². The lowest BCUT2D eigenvalue weighted by molar-refractivity contribution is -0.117. The number of nitrogens with two attached hydrogens (primary N) is 1. The zero-order valence-corrected chi connectivity index (χ0v) is 16.4. The molecule has 0 aliphatic carbocycles. The van der Waals surface area contributed by atoms with Crippen LogP contribution in [0.25, 0.3) is 0 Å². The van der Waals surface area contributed by atoms with Crippen molar-refractivity contribution in [3.8, 4) is 0 Å². The third-order valence-electron chi connectivity index (χ3n) is 4.21. The van der Waals surface area contributed by atoms with Crippen LogP contribution in [0.2, 0.25) is 0 Å². The summed E-state index contributed by atoms with van der Waals surface area (Å²) in [6.07, 6.45) is 2.13. The highest BCUT2D eigenvalue weighted by atomic mass is 19.2. The number of anilines is 1. The maximum Gasteiger partial charge on any atom is 0.209 e. The number of carbonyl (C=O) groups excluding carboxylic acids is 1. The second kappa shape index (κ2) is 11.0. The molecule has 2 N–H and O–H groups in total. The van der Waals surface area contributed by atoms with Crippen molar-refractivity contribution in [2.24, 2.45) is 11.3 Å². The molecule has 2 rings (SSSR count). The predicted molar refractivity (Wildman–Crippen MR) is 100 cm³/mol. The highest BCUT2D eigenvalue weighted by molar-refractivity contribution is 5.47. The van der Waals surface area contributed by atoms with Crippen molar-refractivity contribution in [1.29, 1.82) is 0 Å². The van der Waals surface area contributed by atoms with E-state index in [4.69, 9.17) is 5.73 Å². The molecule has 0 aromatic heterocycles. The summed E-state index contributed by atoms with van der Waals surface area (Å²) in [7, 11) is 4.11. The van der Waals surface area contributed by atoms with Gasteiger partial charge in [0.2, 0.25) is 6.41 Å². The van der Waals surface area contributed by atoms with Crippen LogP contribution >= 0.6 is 0 Å². The number of benzene rings is 1. The number of carbonyl (C=O) groups is 1. The summed E-state index contributed by atoms with van der Waals surface area (Å²) >= 11 is 0. The summed E-state index contributed by atoms with van der Waals surface area (Å²) in [6, 6.07) is 3.68. The fraction of sp³-hybridized carbons (Fsp3) is 0.632. The summed E-state index contributed by atoms with van der Waals surface area (Å²) in [5, 5.41) is 0. The number of rotatable bonds is 2. The molecule has 1 atom stereocenters. The third kappa shape index (κ3) is 9.39. The van der Waals surface area contributed by atoms with E-state index in [2.05, 4.69) is 46.7 Å². The van der Waals surface area contributed by atoms with Crippen LogP contribution in [0.1, 0.15) is 34.1 Å². The monoisotopic (exact) mass is 357 g/mol. The van der Waals surface area contributed by atoms with E-state index < -0.39 is 11.6 Å². The highest BCUT2D eigenvalue weighted by Gasteiger charge is 2.30. The van der Waals surface area contributed by atoms with E-state index >= 15 is 0 Å². The molecule has 0 saturated carbocycles. The van der Waals surface area contributed by atoms with E-state index in [0.717, 1.165) is 32.1 Å². The lowest BCUT2D eigenvalue weighted by atomic mass is 9.80. The van der Waals surface area contributed by atoms with Gasteiger partial charge >= 0.3 is 0 Å². The molecule has 1 aromatic rings. The van der Waals surface area contributed by atoms with Crippen molar-refractivity contribution < 1.29 is 13.6 Å². The Labute approximate surface area is 151 Å². The second-order valence-corrected chi connectivity index (χ2v) is 7.49. The minimum Gasteiger partial charge on any atom is -0.396 e. The van der Waals surface area contributed by atoms with Crippen molar-refractivity contribution in [2.75, 3.05) is 39.5 Å². The van der Waals surface area contributed by atoms with E-state index in [1.165, 1.54) is 18.6 Å². The molecule has 1 fully saturated rings. The Bertz CT molecular complexity index is 496. The molecular formula is C19H33F2N3O. The van der Waals surface area contributed by atoms with Gasteiger partial charge in [0.05, 0.1) is 5.69 Å². The second-order valence-electron chi connectivity index (χ2n) is 7.49. The minimum absolute atomic E-state index is 0.157. The Morgan fingerprint density at radius 2 is 1.88 bits per heavy atom. The Morgan fingerprint density at radius 1 is 1.32 bits per heavy atom. The first-order valence-corrected chi connectivity index (χ1v) is 8.56. The first-order chi connectivity index (χ1) is 11.5. The van der Waals surface area contributed by atoms with Gasteiger partial charge in [0, 0.05) is 13.1 Å². The molecule has 6 heteroatoms. The van der Waals surface area contributed by atoms with Gasteiger partial charge in [0.25, 0.3) is 0 Å². The number of likely N-dealkylation sites (tertiary alicyclic amines) is 1. The number of hydrogen-bond acceptors (Lipinski definition) is 3. The maximum atomic E-state index is 12.2. The van der Waals surface area contributed by atoms with Gasteiger partial charge in [0.1, 0.15) is 0 Å². The molecule has 0 bridgehead atoms. The number of hydrogen-bond donors (Lipinski definition) is 1. The Hall–Kier alpha value is -1.69. The molecule has 1 heterocycles. The zero-order valence-electron chi connectivity index (χ0n) is 16.4. The normalized spacial score (nSPS) is 16.7. The van der Waals surface area contributed by atoms with E-state index in [1.807, 2.05) is 4.90 Å². The van der Waals surface area contributed by atoms with E-state index in [-0.39, 0.29) is 5.69 Å². The van der Waals surface area contributed by atoms with Gasteiger partial charge in [-0.05, 0) is 50.5 Å². The van der Waals surface area contributed by atoms with Crippen LogP contribution in [0.3, 0.4) is 0 Å². The lowest BCUT2D eigenvalue weighted by Crippen LogP contribution is -2.24. The molecular weight excluding hydrogens is 324 g/mol. The SMILES string of the molecule is CC(C)(C)C1CCN(C=O)C1.CCN(C)C.Nc1cccc(F)c1F. The van der Waals surface area contributed by atoms with Gasteiger partial charge in [-0.1, -0.05) is 33.8 Å². The van der Waals surface area contributed by atoms with Gasteiger partial charge < -0.3 is 15.5 Å². The Morgan fingerprint density at radius 3 is 2.16 bits per heavy atom. The lowest BCUT2D eigenvalue weighted by Gasteiger charge is -2.26. The maximum absolute atomic E-state index is 12.2. The summed E-state index contributed by atoms with van der Waals surface area (Å²) in [5.41, 5.74) is 5.21. The number of nitrogen functional groups attached to an aromatic ring is 1. The zero-order chi connectivity index (χ0) is 19.6. The molecule has 1 unspecified atom stereocenters. The molecule has 1 amide bonds. The van der Waals surface area contributed by atoms with Crippen molar-refractivity contribution in [2.45, 2.75) is 34.1 Å². The van der Waals surface area contributed by atoms with Gasteiger partial charge in [-0.3, -0.25) is 4.79 Å². The van der Waals surface area contributed by atoms with Crippen LogP contribution in [-0.2, 0) is 4.79 Å². The van der Waals surface area contributed by atoms with Gasteiger partial charge in [-0.15, -0.1) is 0 Å². The van der Waals surface area contributed by atoms with Crippen molar-refractivity contribution in [3.05, 3.63) is 29.8 Å². The fourth-order valence-corrected chi connectivity index (χ4v) is 2.11. The fourth-order valence-electron chi connectivity index (χ4n) is 2.11. The molecule has 1 saturated heterocycles. The molecule has 25 heavy (non-hydrogen) atoms. The first kappa shape index (κ1) is 23.3. The highest BCUT2D eigenvalue weighted by Crippen LogP contribution is 2.32.